The van der Waals surface area contributed by atoms with E-state index in [0.717, 1.165) is 23.7 Å². The molecule has 1 aliphatic rings. The first-order valence-corrected chi connectivity index (χ1v) is 14.9. The van der Waals surface area contributed by atoms with E-state index in [9.17, 15) is 0 Å². The minimum Gasteiger partial charge on any atom is -0.0954 e. The van der Waals surface area contributed by atoms with Crippen LogP contribution in [0.15, 0.2) is 0 Å². The lowest BCUT2D eigenvalue weighted by atomic mass is 9.69. The molecule has 4 atom stereocenters. The van der Waals surface area contributed by atoms with Crippen LogP contribution in [0.25, 0.3) is 0 Å². The predicted octanol–water partition coefficient (Wildman–Crippen LogP) is 9.44. The molecule has 0 aromatic heterocycles. The average molecular weight is 429 g/mol. The lowest BCUT2D eigenvalue weighted by molar-refractivity contribution is 0.141. The molecule has 1 fully saturated rings. The van der Waals surface area contributed by atoms with Gasteiger partial charge >= 0.3 is 0 Å². The van der Waals surface area contributed by atoms with E-state index in [1.807, 2.05) is 0 Å². The maximum atomic E-state index is 2.59. The molecule has 1 aliphatic carbocycles. The van der Waals surface area contributed by atoms with Crippen molar-refractivity contribution < 1.29 is 0 Å². The Morgan fingerprint density at radius 3 is 1.29 bits per heavy atom. The molecule has 0 aromatic rings. The SMILES string of the molecule is CC1CCC(CP(C(C)(C)C)C(C)(C)C)C(CP(C(C)(C)C)C(C)(C)C)C1C. The minimum absolute atomic E-state index is 0.000466. The second-order valence-corrected chi connectivity index (χ2v) is 21.6. The average Bonchev–Trinajstić information content (AvgIpc) is 2.41. The summed E-state index contributed by atoms with van der Waals surface area (Å²) in [4.78, 5) is 0. The zero-order valence-electron chi connectivity index (χ0n) is 22.0. The molecule has 0 bridgehead atoms. The molecule has 168 valence electrons. The maximum absolute atomic E-state index is 2.59. The van der Waals surface area contributed by atoms with Gasteiger partial charge < -0.3 is 0 Å². The second-order valence-electron chi connectivity index (χ2n) is 13.7. The van der Waals surface area contributed by atoms with Gasteiger partial charge in [0, 0.05) is 0 Å². The van der Waals surface area contributed by atoms with Crippen molar-refractivity contribution in [1.29, 1.82) is 0 Å². The van der Waals surface area contributed by atoms with E-state index in [-0.39, 0.29) is 15.8 Å². The fraction of sp³-hybridized carbons (Fsp3) is 1.00. The molecule has 0 spiro atoms. The highest BCUT2D eigenvalue weighted by atomic mass is 31.1. The van der Waals surface area contributed by atoms with Crippen LogP contribution in [0.2, 0.25) is 0 Å². The zero-order valence-corrected chi connectivity index (χ0v) is 23.8. The van der Waals surface area contributed by atoms with Crippen molar-refractivity contribution in [2.75, 3.05) is 12.3 Å². The molecular weight excluding hydrogens is 374 g/mol. The number of rotatable bonds is 4. The van der Waals surface area contributed by atoms with E-state index in [2.05, 4.69) is 96.9 Å². The molecule has 0 amide bonds. The highest BCUT2D eigenvalue weighted by molar-refractivity contribution is 7.61. The summed E-state index contributed by atoms with van der Waals surface area (Å²) in [6.07, 6.45) is 5.89. The molecule has 0 aromatic carbocycles. The van der Waals surface area contributed by atoms with Crippen molar-refractivity contribution >= 4 is 15.8 Å². The van der Waals surface area contributed by atoms with Crippen molar-refractivity contribution in [1.82, 2.24) is 0 Å². The van der Waals surface area contributed by atoms with Gasteiger partial charge in [0.05, 0.1) is 0 Å². The first-order chi connectivity index (χ1) is 12.3. The maximum Gasteiger partial charge on any atom is -0.0175 e. The Morgan fingerprint density at radius 2 is 0.929 bits per heavy atom. The van der Waals surface area contributed by atoms with Gasteiger partial charge in [-0.2, -0.15) is 0 Å². The first-order valence-electron chi connectivity index (χ1n) is 11.8. The predicted molar refractivity (Wildman–Crippen MR) is 137 cm³/mol. The van der Waals surface area contributed by atoms with Gasteiger partial charge in [-0.05, 0) is 63.0 Å². The highest BCUT2D eigenvalue weighted by Crippen LogP contribution is 2.65. The van der Waals surface area contributed by atoms with Crippen LogP contribution in [0, 0.1) is 23.7 Å². The smallest absolute Gasteiger partial charge is 0.0175 e. The molecule has 0 saturated heterocycles. The summed E-state index contributed by atoms with van der Waals surface area (Å²) in [5.41, 5.74) is 0. The van der Waals surface area contributed by atoms with Gasteiger partial charge in [0.1, 0.15) is 0 Å². The molecule has 0 N–H and O–H groups in total. The largest absolute Gasteiger partial charge is 0.0954 e. The number of hydrogen-bond donors (Lipinski definition) is 0. The Kier molecular flexibility index (Phi) is 8.79. The zero-order chi connectivity index (χ0) is 22.3. The Labute approximate surface area is 182 Å². The molecular formula is C26H54P2. The van der Waals surface area contributed by atoms with Crippen molar-refractivity contribution in [3.63, 3.8) is 0 Å². The normalized spacial score (nSPS) is 28.3. The third-order valence-electron chi connectivity index (χ3n) is 7.22. The third-order valence-corrected chi connectivity index (χ3v) is 15.3. The highest BCUT2D eigenvalue weighted by Gasteiger charge is 2.44. The van der Waals surface area contributed by atoms with Crippen molar-refractivity contribution in [3.8, 4) is 0 Å². The Bertz CT molecular complexity index is 453. The van der Waals surface area contributed by atoms with Gasteiger partial charge in [-0.15, -0.1) is 0 Å². The van der Waals surface area contributed by atoms with Crippen LogP contribution in [0.3, 0.4) is 0 Å². The molecule has 0 aliphatic heterocycles. The Balaban J connectivity index is 3.22. The van der Waals surface area contributed by atoms with Gasteiger partial charge in [-0.25, -0.2) is 0 Å². The van der Waals surface area contributed by atoms with Crippen LogP contribution in [-0.2, 0) is 0 Å². The first kappa shape index (κ1) is 26.9. The van der Waals surface area contributed by atoms with Crippen LogP contribution < -0.4 is 0 Å². The summed E-state index contributed by atoms with van der Waals surface area (Å²) in [6, 6.07) is 0. The molecule has 0 radical (unpaired) electrons. The van der Waals surface area contributed by atoms with Crippen molar-refractivity contribution in [2.45, 2.75) is 130 Å². The van der Waals surface area contributed by atoms with Crippen LogP contribution in [0.1, 0.15) is 110 Å². The van der Waals surface area contributed by atoms with E-state index in [1.54, 1.807) is 0 Å². The van der Waals surface area contributed by atoms with E-state index < -0.39 is 0 Å². The van der Waals surface area contributed by atoms with E-state index in [4.69, 9.17) is 0 Å². The van der Waals surface area contributed by atoms with E-state index in [0.29, 0.717) is 20.6 Å². The van der Waals surface area contributed by atoms with Crippen LogP contribution in [0.4, 0.5) is 0 Å². The number of hydrogen-bond acceptors (Lipinski definition) is 0. The molecule has 1 saturated carbocycles. The van der Waals surface area contributed by atoms with Crippen LogP contribution in [-0.4, -0.2) is 32.9 Å². The lowest BCUT2D eigenvalue weighted by Crippen LogP contribution is -2.40. The summed E-state index contributed by atoms with van der Waals surface area (Å²) in [7, 11) is -0.0114. The summed E-state index contributed by atoms with van der Waals surface area (Å²) < 4.78 is 0. The Hall–Kier alpha value is 0.860. The molecule has 0 nitrogen and oxygen atoms in total. The van der Waals surface area contributed by atoms with Gasteiger partial charge in [0.25, 0.3) is 0 Å². The fourth-order valence-corrected chi connectivity index (χ4v) is 14.1. The minimum atomic E-state index is -0.0119. The monoisotopic (exact) mass is 428 g/mol. The Morgan fingerprint density at radius 1 is 0.571 bits per heavy atom. The molecule has 28 heavy (non-hydrogen) atoms. The van der Waals surface area contributed by atoms with Gasteiger partial charge in [0.2, 0.25) is 0 Å². The summed E-state index contributed by atoms with van der Waals surface area (Å²) >= 11 is 0. The van der Waals surface area contributed by atoms with Crippen LogP contribution >= 0.6 is 15.8 Å². The van der Waals surface area contributed by atoms with E-state index >= 15 is 0 Å². The molecule has 0 heterocycles. The summed E-state index contributed by atoms with van der Waals surface area (Å²) in [5, 5.41) is 1.78. The molecule has 2 heteroatoms. The van der Waals surface area contributed by atoms with E-state index in [1.165, 1.54) is 25.2 Å². The fourth-order valence-electron chi connectivity index (χ4n) is 5.90. The third kappa shape index (κ3) is 7.23. The topological polar surface area (TPSA) is 0 Å². The lowest BCUT2D eigenvalue weighted by Gasteiger charge is -2.51. The van der Waals surface area contributed by atoms with Crippen molar-refractivity contribution in [2.24, 2.45) is 23.7 Å². The van der Waals surface area contributed by atoms with Gasteiger partial charge in [-0.3, -0.25) is 0 Å². The standard InChI is InChI=1S/C26H54P2/c1-19-15-16-21(17-27(23(3,4)5)24(6,7)8)22(20(19)2)18-28(25(9,10)11)26(12,13)14/h19-22H,15-18H2,1-14H3. The summed E-state index contributed by atoms with van der Waals surface area (Å²) in [6.45, 7) is 35.2. The van der Waals surface area contributed by atoms with Gasteiger partial charge in [-0.1, -0.05) is 119 Å². The van der Waals surface area contributed by atoms with Crippen molar-refractivity contribution in [3.05, 3.63) is 0 Å². The van der Waals surface area contributed by atoms with Crippen LogP contribution in [0.5, 0.6) is 0 Å². The molecule has 1 rings (SSSR count). The van der Waals surface area contributed by atoms with Gasteiger partial charge in [0.15, 0.2) is 0 Å². The summed E-state index contributed by atoms with van der Waals surface area (Å²) in [5.74, 6) is 3.63. The quantitative estimate of drug-likeness (QED) is 0.391. The molecule has 4 unspecified atom stereocenters. The second kappa shape index (κ2) is 9.15.